The molecule has 0 unspecified atom stereocenters. The highest BCUT2D eigenvalue weighted by atomic mass is 16.5. The normalized spacial score (nSPS) is 15.0. The average Bonchev–Trinajstić information content (AvgIpc) is 3.20. The number of ether oxygens (including phenoxy) is 1. The van der Waals surface area contributed by atoms with E-state index in [0.717, 1.165) is 47.6 Å². The van der Waals surface area contributed by atoms with Gasteiger partial charge in [-0.05, 0) is 36.4 Å². The van der Waals surface area contributed by atoms with Crippen LogP contribution in [0.5, 0.6) is 5.75 Å². The quantitative estimate of drug-likeness (QED) is 0.526. The molecule has 4 aromatic rings. The standard InChI is InChI=1S/C23H23N5O2/c1-30-19-6-8-20-17(14-19)5-7-21(25-20)23(29)27-12-10-26(11-13-27)15-18-16-28-9-3-2-4-22(28)24-18/h2-9,14,16H,10-13,15H2,1H3. The van der Waals surface area contributed by atoms with Crippen molar-refractivity contribution in [2.24, 2.45) is 0 Å². The van der Waals surface area contributed by atoms with Gasteiger partial charge in [0.2, 0.25) is 0 Å². The van der Waals surface area contributed by atoms with E-state index in [1.165, 1.54) is 0 Å². The number of methoxy groups -OCH3 is 1. The van der Waals surface area contributed by atoms with E-state index in [0.29, 0.717) is 18.8 Å². The van der Waals surface area contributed by atoms with Crippen molar-refractivity contribution >= 4 is 22.5 Å². The Kier molecular flexibility index (Phi) is 4.80. The minimum absolute atomic E-state index is 0.0138. The van der Waals surface area contributed by atoms with Crippen LogP contribution in [0.3, 0.4) is 0 Å². The Hall–Kier alpha value is -3.45. The fourth-order valence-corrected chi connectivity index (χ4v) is 3.91. The number of carbonyl (C=O) groups is 1. The molecule has 5 rings (SSSR count). The highest BCUT2D eigenvalue weighted by molar-refractivity contribution is 5.95. The molecule has 1 amide bonds. The molecule has 0 radical (unpaired) electrons. The monoisotopic (exact) mass is 401 g/mol. The van der Waals surface area contributed by atoms with Crippen molar-refractivity contribution in [1.29, 1.82) is 0 Å². The molecule has 1 fully saturated rings. The fraction of sp³-hybridized carbons (Fsp3) is 0.261. The van der Waals surface area contributed by atoms with E-state index in [4.69, 9.17) is 4.74 Å². The molecule has 0 N–H and O–H groups in total. The van der Waals surface area contributed by atoms with Crippen molar-refractivity contribution in [3.8, 4) is 5.75 Å². The summed E-state index contributed by atoms with van der Waals surface area (Å²) >= 11 is 0. The first-order valence-electron chi connectivity index (χ1n) is 10.1. The maximum absolute atomic E-state index is 13.0. The summed E-state index contributed by atoms with van der Waals surface area (Å²) in [5.74, 6) is 0.769. The van der Waals surface area contributed by atoms with E-state index in [1.54, 1.807) is 13.2 Å². The highest BCUT2D eigenvalue weighted by Gasteiger charge is 2.23. The van der Waals surface area contributed by atoms with Crippen molar-refractivity contribution in [1.82, 2.24) is 24.2 Å². The Morgan fingerprint density at radius 2 is 1.90 bits per heavy atom. The summed E-state index contributed by atoms with van der Waals surface area (Å²) in [6, 6.07) is 15.4. The number of hydrogen-bond donors (Lipinski definition) is 0. The van der Waals surface area contributed by atoms with Crippen LogP contribution in [0.25, 0.3) is 16.6 Å². The van der Waals surface area contributed by atoms with Crippen LogP contribution in [0, 0.1) is 0 Å². The van der Waals surface area contributed by atoms with Gasteiger partial charge in [-0.15, -0.1) is 0 Å². The fourth-order valence-electron chi connectivity index (χ4n) is 3.91. The minimum Gasteiger partial charge on any atom is -0.497 e. The van der Waals surface area contributed by atoms with Crippen molar-refractivity contribution in [2.75, 3.05) is 33.3 Å². The molecule has 4 heterocycles. The maximum Gasteiger partial charge on any atom is 0.272 e. The smallest absolute Gasteiger partial charge is 0.272 e. The summed E-state index contributed by atoms with van der Waals surface area (Å²) in [6.45, 7) is 3.82. The van der Waals surface area contributed by atoms with Gasteiger partial charge in [-0.1, -0.05) is 12.1 Å². The van der Waals surface area contributed by atoms with Gasteiger partial charge in [-0.3, -0.25) is 9.69 Å². The van der Waals surface area contributed by atoms with Crippen LogP contribution >= 0.6 is 0 Å². The number of pyridine rings is 2. The molecule has 30 heavy (non-hydrogen) atoms. The van der Waals surface area contributed by atoms with E-state index < -0.39 is 0 Å². The van der Waals surface area contributed by atoms with Gasteiger partial charge in [0.1, 0.15) is 17.1 Å². The number of carbonyl (C=O) groups excluding carboxylic acids is 1. The number of nitrogens with zero attached hydrogens (tertiary/aromatic N) is 5. The molecule has 0 spiro atoms. The van der Waals surface area contributed by atoms with Gasteiger partial charge in [0.05, 0.1) is 18.3 Å². The zero-order valence-corrected chi connectivity index (χ0v) is 16.9. The van der Waals surface area contributed by atoms with Gasteiger partial charge >= 0.3 is 0 Å². The van der Waals surface area contributed by atoms with Gasteiger partial charge in [0.15, 0.2) is 0 Å². The second-order valence-electron chi connectivity index (χ2n) is 7.52. The van der Waals surface area contributed by atoms with Crippen LogP contribution in [0.4, 0.5) is 0 Å². The molecule has 1 saturated heterocycles. The molecule has 7 nitrogen and oxygen atoms in total. The number of rotatable bonds is 4. The largest absolute Gasteiger partial charge is 0.497 e. The van der Waals surface area contributed by atoms with Gasteiger partial charge < -0.3 is 14.0 Å². The summed E-state index contributed by atoms with van der Waals surface area (Å²) < 4.78 is 7.29. The molecule has 7 heteroatoms. The summed E-state index contributed by atoms with van der Waals surface area (Å²) in [7, 11) is 1.64. The average molecular weight is 401 g/mol. The maximum atomic E-state index is 13.0. The van der Waals surface area contributed by atoms with Crippen LogP contribution < -0.4 is 4.74 Å². The Balaban J connectivity index is 1.23. The number of hydrogen-bond acceptors (Lipinski definition) is 5. The first kappa shape index (κ1) is 18.6. The molecular formula is C23H23N5O2. The van der Waals surface area contributed by atoms with Gasteiger partial charge in [0, 0.05) is 50.5 Å². The molecule has 1 aliphatic heterocycles. The number of fused-ring (bicyclic) bond motifs is 2. The Morgan fingerprint density at radius 1 is 1.03 bits per heavy atom. The van der Waals surface area contributed by atoms with E-state index in [1.807, 2.05) is 58.0 Å². The van der Waals surface area contributed by atoms with Gasteiger partial charge in [0.25, 0.3) is 5.91 Å². The Morgan fingerprint density at radius 3 is 2.70 bits per heavy atom. The van der Waals surface area contributed by atoms with Crippen molar-refractivity contribution < 1.29 is 9.53 Å². The summed E-state index contributed by atoms with van der Waals surface area (Å²) in [5, 5.41) is 0.961. The molecule has 3 aromatic heterocycles. The number of aromatic nitrogens is 3. The number of amides is 1. The summed E-state index contributed by atoms with van der Waals surface area (Å²) in [4.78, 5) is 26.4. The van der Waals surface area contributed by atoms with E-state index in [-0.39, 0.29) is 5.91 Å². The van der Waals surface area contributed by atoms with Crippen LogP contribution in [0.1, 0.15) is 16.2 Å². The third-order valence-corrected chi connectivity index (χ3v) is 5.57. The van der Waals surface area contributed by atoms with E-state index in [9.17, 15) is 4.79 Å². The van der Waals surface area contributed by atoms with Crippen LogP contribution in [0.2, 0.25) is 0 Å². The predicted molar refractivity (Wildman–Crippen MR) is 115 cm³/mol. The number of piperazine rings is 1. The zero-order chi connectivity index (χ0) is 20.5. The van der Waals surface area contributed by atoms with Crippen LogP contribution in [-0.2, 0) is 6.54 Å². The highest BCUT2D eigenvalue weighted by Crippen LogP contribution is 2.20. The topological polar surface area (TPSA) is 63.0 Å². The Bertz CT molecular complexity index is 1180. The molecule has 1 aliphatic rings. The molecule has 0 atom stereocenters. The molecule has 0 saturated carbocycles. The lowest BCUT2D eigenvalue weighted by atomic mass is 10.1. The predicted octanol–water partition coefficient (Wildman–Crippen LogP) is 2.85. The van der Waals surface area contributed by atoms with E-state index in [2.05, 4.69) is 21.1 Å². The summed E-state index contributed by atoms with van der Waals surface area (Å²) in [6.07, 6.45) is 4.08. The lowest BCUT2D eigenvalue weighted by molar-refractivity contribution is 0.0622. The van der Waals surface area contributed by atoms with E-state index >= 15 is 0 Å². The Labute approximate surface area is 174 Å². The first-order chi connectivity index (χ1) is 14.7. The zero-order valence-electron chi connectivity index (χ0n) is 16.9. The van der Waals surface area contributed by atoms with Crippen LogP contribution in [0.15, 0.2) is 60.9 Å². The SMILES string of the molecule is COc1ccc2nc(C(=O)N3CCN(Cc4cn5ccccc5n4)CC3)ccc2c1. The molecule has 1 aromatic carbocycles. The van der Waals surface area contributed by atoms with Crippen molar-refractivity contribution in [3.63, 3.8) is 0 Å². The van der Waals surface area contributed by atoms with Crippen molar-refractivity contribution in [3.05, 3.63) is 72.3 Å². The number of imidazole rings is 1. The molecule has 0 aliphatic carbocycles. The van der Waals surface area contributed by atoms with Gasteiger partial charge in [-0.25, -0.2) is 9.97 Å². The van der Waals surface area contributed by atoms with Gasteiger partial charge in [-0.2, -0.15) is 0 Å². The lowest BCUT2D eigenvalue weighted by Gasteiger charge is -2.34. The lowest BCUT2D eigenvalue weighted by Crippen LogP contribution is -2.48. The number of benzene rings is 1. The van der Waals surface area contributed by atoms with Crippen molar-refractivity contribution in [2.45, 2.75) is 6.54 Å². The van der Waals surface area contributed by atoms with Crippen LogP contribution in [-0.4, -0.2) is 63.4 Å². The second kappa shape index (κ2) is 7.76. The molecule has 0 bridgehead atoms. The summed E-state index contributed by atoms with van der Waals surface area (Å²) in [5.41, 5.74) is 3.29. The molecular weight excluding hydrogens is 378 g/mol. The minimum atomic E-state index is -0.0138. The third kappa shape index (κ3) is 3.59. The second-order valence-corrected chi connectivity index (χ2v) is 7.52. The first-order valence-corrected chi connectivity index (χ1v) is 10.1. The third-order valence-electron chi connectivity index (χ3n) is 5.57. The molecule has 152 valence electrons.